The van der Waals surface area contributed by atoms with E-state index in [1.54, 1.807) is 30.3 Å². The first kappa shape index (κ1) is 17.0. The highest BCUT2D eigenvalue weighted by molar-refractivity contribution is 6.32. The van der Waals surface area contributed by atoms with Gasteiger partial charge in [0.15, 0.2) is 0 Å². The number of carbonyl (C=O) groups excluding carboxylic acids is 2. The Bertz CT molecular complexity index is 831. The molecule has 1 atom stereocenters. The van der Waals surface area contributed by atoms with Crippen LogP contribution in [0.3, 0.4) is 0 Å². The zero-order valence-corrected chi connectivity index (χ0v) is 13.5. The van der Waals surface area contributed by atoms with Crippen molar-refractivity contribution in [1.82, 2.24) is 0 Å². The molecular weight excluding hydrogens is 315 g/mol. The van der Waals surface area contributed by atoms with Crippen LogP contribution in [0.2, 0.25) is 0 Å². The van der Waals surface area contributed by atoms with Crippen LogP contribution in [0, 0.1) is 5.92 Å². The molecule has 6 heteroatoms. The van der Waals surface area contributed by atoms with E-state index in [9.17, 15) is 14.7 Å². The second-order valence-electron chi connectivity index (χ2n) is 5.93. The molecule has 0 bridgehead atoms. The summed E-state index contributed by atoms with van der Waals surface area (Å²) in [5, 5.41) is 14.7. The van der Waals surface area contributed by atoms with Crippen LogP contribution in [0.1, 0.15) is 11.1 Å². The highest BCUT2D eigenvalue weighted by Crippen LogP contribution is 2.28. The number of hydrogen-bond acceptors (Lipinski definition) is 3. The molecular formula is C19H17BN2O3. The van der Waals surface area contributed by atoms with Gasteiger partial charge in [-0.15, -0.1) is 0 Å². The van der Waals surface area contributed by atoms with Crippen LogP contribution in [-0.2, 0) is 16.0 Å². The number of anilines is 2. The number of amides is 2. The zero-order chi connectivity index (χ0) is 17.8. The third-order valence-corrected chi connectivity index (χ3v) is 4.06. The minimum atomic E-state index is -0.421. The summed E-state index contributed by atoms with van der Waals surface area (Å²) in [5.41, 5.74) is 3.73. The van der Waals surface area contributed by atoms with E-state index < -0.39 is 5.92 Å². The fourth-order valence-electron chi connectivity index (χ4n) is 2.65. The van der Waals surface area contributed by atoms with Gasteiger partial charge in [0.1, 0.15) is 7.85 Å². The van der Waals surface area contributed by atoms with E-state index >= 15 is 0 Å². The molecule has 124 valence electrons. The van der Waals surface area contributed by atoms with Crippen molar-refractivity contribution in [2.45, 2.75) is 6.42 Å². The standard InChI is InChI=1S/C19H17BN2O3/c20-15-5-1-12(2-6-15)3-8-18(24)21-16-7-4-13-9-14(11-23)19(25)22-17(13)10-16/h1-8,10,14,23H,9,11H2,(H,21,24)(H,22,25)/b8-3+. The highest BCUT2D eigenvalue weighted by Gasteiger charge is 2.25. The van der Waals surface area contributed by atoms with Gasteiger partial charge in [0, 0.05) is 17.5 Å². The smallest absolute Gasteiger partial charge is 0.248 e. The van der Waals surface area contributed by atoms with Gasteiger partial charge >= 0.3 is 0 Å². The minimum absolute atomic E-state index is 0.181. The Morgan fingerprint density at radius 3 is 2.76 bits per heavy atom. The van der Waals surface area contributed by atoms with Crippen LogP contribution < -0.4 is 16.1 Å². The van der Waals surface area contributed by atoms with Crippen LogP contribution in [0.5, 0.6) is 0 Å². The van der Waals surface area contributed by atoms with Crippen molar-refractivity contribution in [3.05, 3.63) is 59.7 Å². The molecule has 5 nitrogen and oxygen atoms in total. The Labute approximate surface area is 147 Å². The molecule has 3 N–H and O–H groups in total. The monoisotopic (exact) mass is 332 g/mol. The van der Waals surface area contributed by atoms with Gasteiger partial charge < -0.3 is 15.7 Å². The molecule has 1 unspecified atom stereocenters. The molecule has 3 rings (SSSR count). The molecule has 25 heavy (non-hydrogen) atoms. The fraction of sp³-hybridized carbons (Fsp3) is 0.158. The largest absolute Gasteiger partial charge is 0.396 e. The normalized spacial score (nSPS) is 16.4. The molecule has 2 aromatic carbocycles. The molecule has 2 radical (unpaired) electrons. The molecule has 0 aliphatic carbocycles. The lowest BCUT2D eigenvalue weighted by atomic mass is 9.93. The van der Waals surface area contributed by atoms with Crippen molar-refractivity contribution < 1.29 is 14.7 Å². The lowest BCUT2D eigenvalue weighted by Crippen LogP contribution is -2.32. The van der Waals surface area contributed by atoms with Crippen molar-refractivity contribution in [1.29, 1.82) is 0 Å². The molecule has 2 aromatic rings. The van der Waals surface area contributed by atoms with Gasteiger partial charge in [0.25, 0.3) is 0 Å². The number of fused-ring (bicyclic) bond motifs is 1. The topological polar surface area (TPSA) is 78.4 Å². The molecule has 0 saturated carbocycles. The maximum atomic E-state index is 12.0. The molecule has 2 amide bonds. The van der Waals surface area contributed by atoms with Crippen LogP contribution in [0.4, 0.5) is 11.4 Å². The van der Waals surface area contributed by atoms with E-state index in [2.05, 4.69) is 10.6 Å². The lowest BCUT2D eigenvalue weighted by Gasteiger charge is -2.23. The van der Waals surface area contributed by atoms with Crippen molar-refractivity contribution in [3.8, 4) is 0 Å². The Morgan fingerprint density at radius 1 is 1.28 bits per heavy atom. The average Bonchev–Trinajstić information content (AvgIpc) is 2.60. The molecule has 1 aliphatic heterocycles. The summed E-state index contributed by atoms with van der Waals surface area (Å²) in [5.74, 6) is -0.898. The Hall–Kier alpha value is -2.86. The van der Waals surface area contributed by atoms with E-state index in [1.807, 2.05) is 18.2 Å². The molecule has 1 aliphatic rings. The number of nitrogens with one attached hydrogen (secondary N) is 2. The minimum Gasteiger partial charge on any atom is -0.396 e. The van der Waals surface area contributed by atoms with E-state index in [4.69, 9.17) is 7.85 Å². The van der Waals surface area contributed by atoms with Crippen molar-refractivity contribution in [2.75, 3.05) is 17.2 Å². The fourth-order valence-corrected chi connectivity index (χ4v) is 2.65. The van der Waals surface area contributed by atoms with E-state index in [-0.39, 0.29) is 18.4 Å². The number of aliphatic hydroxyl groups excluding tert-OH is 1. The van der Waals surface area contributed by atoms with E-state index in [0.717, 1.165) is 11.1 Å². The van der Waals surface area contributed by atoms with E-state index in [0.29, 0.717) is 23.3 Å². The Morgan fingerprint density at radius 2 is 2.04 bits per heavy atom. The lowest BCUT2D eigenvalue weighted by molar-refractivity contribution is -0.121. The average molecular weight is 332 g/mol. The summed E-state index contributed by atoms with van der Waals surface area (Å²) in [6, 6.07) is 12.5. The Balaban J connectivity index is 1.67. The van der Waals surface area contributed by atoms with Crippen LogP contribution in [0.15, 0.2) is 48.5 Å². The van der Waals surface area contributed by atoms with Crippen LogP contribution >= 0.6 is 0 Å². The number of carbonyl (C=O) groups is 2. The predicted octanol–water partition coefficient (Wildman–Crippen LogP) is 1.24. The van der Waals surface area contributed by atoms with Gasteiger partial charge in [-0.25, -0.2) is 0 Å². The Kier molecular flexibility index (Phi) is 5.00. The molecule has 0 aromatic heterocycles. The van der Waals surface area contributed by atoms with Gasteiger partial charge in [-0.2, -0.15) is 0 Å². The van der Waals surface area contributed by atoms with Gasteiger partial charge in [0.2, 0.25) is 11.8 Å². The van der Waals surface area contributed by atoms with Gasteiger partial charge in [-0.05, 0) is 35.8 Å². The van der Waals surface area contributed by atoms with Crippen molar-refractivity contribution in [3.63, 3.8) is 0 Å². The maximum absolute atomic E-state index is 12.0. The second-order valence-corrected chi connectivity index (χ2v) is 5.93. The summed E-state index contributed by atoms with van der Waals surface area (Å²) in [6.07, 6.45) is 3.62. The third-order valence-electron chi connectivity index (χ3n) is 4.06. The second kappa shape index (κ2) is 7.36. The molecule has 0 fully saturated rings. The first-order chi connectivity index (χ1) is 12.0. The number of benzene rings is 2. The van der Waals surface area contributed by atoms with Crippen molar-refractivity contribution in [2.24, 2.45) is 5.92 Å². The first-order valence-corrected chi connectivity index (χ1v) is 7.94. The summed E-state index contributed by atoms with van der Waals surface area (Å²) in [4.78, 5) is 23.9. The molecule has 0 saturated heterocycles. The molecule has 1 heterocycles. The van der Waals surface area contributed by atoms with Gasteiger partial charge in [-0.1, -0.05) is 35.8 Å². The van der Waals surface area contributed by atoms with Crippen molar-refractivity contribution >= 4 is 42.6 Å². The maximum Gasteiger partial charge on any atom is 0.248 e. The van der Waals surface area contributed by atoms with Gasteiger partial charge in [-0.3, -0.25) is 9.59 Å². The van der Waals surface area contributed by atoms with Gasteiger partial charge in [0.05, 0.1) is 12.5 Å². The van der Waals surface area contributed by atoms with Crippen LogP contribution in [0.25, 0.3) is 6.08 Å². The highest BCUT2D eigenvalue weighted by atomic mass is 16.3. The summed E-state index contributed by atoms with van der Waals surface area (Å²) in [6.45, 7) is -0.181. The predicted molar refractivity (Wildman–Crippen MR) is 98.8 cm³/mol. The summed E-state index contributed by atoms with van der Waals surface area (Å²) >= 11 is 0. The first-order valence-electron chi connectivity index (χ1n) is 7.94. The molecule has 0 spiro atoms. The number of rotatable bonds is 4. The number of aliphatic hydroxyl groups is 1. The summed E-state index contributed by atoms with van der Waals surface area (Å²) in [7, 11) is 5.62. The van der Waals surface area contributed by atoms with E-state index in [1.165, 1.54) is 6.08 Å². The third kappa shape index (κ3) is 4.16. The summed E-state index contributed by atoms with van der Waals surface area (Å²) < 4.78 is 0. The quantitative estimate of drug-likeness (QED) is 0.582. The zero-order valence-electron chi connectivity index (χ0n) is 13.5. The SMILES string of the molecule is [B]c1ccc(/C=C/C(=O)Nc2ccc3c(c2)NC(=O)C(CO)C3)cc1. The number of hydrogen-bond donors (Lipinski definition) is 3. The van der Waals surface area contributed by atoms with Crippen LogP contribution in [-0.4, -0.2) is 31.4 Å².